The van der Waals surface area contributed by atoms with Crippen LogP contribution < -0.4 is 11.3 Å². The van der Waals surface area contributed by atoms with Crippen LogP contribution in [0.2, 0.25) is 5.02 Å². The van der Waals surface area contributed by atoms with Crippen molar-refractivity contribution in [1.29, 1.82) is 0 Å². The third-order valence-corrected chi connectivity index (χ3v) is 3.72. The highest BCUT2D eigenvalue weighted by molar-refractivity contribution is 6.31. The van der Waals surface area contributed by atoms with E-state index in [9.17, 15) is 9.59 Å². The lowest BCUT2D eigenvalue weighted by Crippen LogP contribution is -2.22. The standard InChI is InChI=1S/C17H13ClN2O2/c18-11-6-7-14-12(8-11)16(10-4-2-1-3-5-10)13(9-15(19)21)17(22)20-14/h1-8H,9H2,(H2,19,21)(H,20,22). The number of aromatic amines is 1. The van der Waals surface area contributed by atoms with Crippen LogP contribution in [0.15, 0.2) is 53.3 Å². The number of amides is 1. The molecule has 0 saturated heterocycles. The van der Waals surface area contributed by atoms with E-state index >= 15 is 0 Å². The number of H-pyrrole nitrogens is 1. The summed E-state index contributed by atoms with van der Waals surface area (Å²) in [5, 5.41) is 1.34. The maximum Gasteiger partial charge on any atom is 0.252 e. The zero-order chi connectivity index (χ0) is 15.7. The van der Waals surface area contributed by atoms with E-state index in [0.29, 0.717) is 21.7 Å². The molecule has 0 saturated carbocycles. The van der Waals surface area contributed by atoms with Crippen LogP contribution in [0.25, 0.3) is 22.0 Å². The summed E-state index contributed by atoms with van der Waals surface area (Å²) in [7, 11) is 0. The number of aromatic nitrogens is 1. The first-order valence-corrected chi connectivity index (χ1v) is 7.12. The van der Waals surface area contributed by atoms with Gasteiger partial charge in [-0.1, -0.05) is 41.9 Å². The van der Waals surface area contributed by atoms with Gasteiger partial charge in [-0.15, -0.1) is 0 Å². The van der Waals surface area contributed by atoms with Crippen LogP contribution in [-0.4, -0.2) is 10.9 Å². The highest BCUT2D eigenvalue weighted by Gasteiger charge is 2.16. The molecule has 2 aromatic carbocycles. The second-order valence-electron chi connectivity index (χ2n) is 5.01. The molecular weight excluding hydrogens is 300 g/mol. The van der Waals surface area contributed by atoms with Gasteiger partial charge < -0.3 is 10.7 Å². The average molecular weight is 313 g/mol. The van der Waals surface area contributed by atoms with Gasteiger partial charge in [0.05, 0.1) is 6.42 Å². The van der Waals surface area contributed by atoms with Crippen LogP contribution >= 0.6 is 11.6 Å². The zero-order valence-electron chi connectivity index (χ0n) is 11.6. The molecule has 1 amide bonds. The second-order valence-corrected chi connectivity index (χ2v) is 5.44. The van der Waals surface area contributed by atoms with Gasteiger partial charge in [0, 0.05) is 27.1 Å². The Labute approximate surface area is 131 Å². The van der Waals surface area contributed by atoms with E-state index < -0.39 is 5.91 Å². The van der Waals surface area contributed by atoms with Crippen molar-refractivity contribution in [2.24, 2.45) is 5.73 Å². The molecule has 4 nitrogen and oxygen atoms in total. The summed E-state index contributed by atoms with van der Waals surface area (Å²) in [5.74, 6) is -0.552. The summed E-state index contributed by atoms with van der Waals surface area (Å²) in [6.07, 6.45) is -0.123. The molecule has 0 aliphatic rings. The van der Waals surface area contributed by atoms with Crippen LogP contribution in [0.4, 0.5) is 0 Å². The SMILES string of the molecule is NC(=O)Cc1c(-c2ccccc2)c2cc(Cl)ccc2[nH]c1=O. The van der Waals surface area contributed by atoms with Crippen LogP contribution in [-0.2, 0) is 11.2 Å². The maximum atomic E-state index is 12.4. The van der Waals surface area contributed by atoms with Crippen molar-refractivity contribution in [3.8, 4) is 11.1 Å². The Morgan fingerprint density at radius 3 is 2.55 bits per heavy atom. The number of carbonyl (C=O) groups is 1. The first-order valence-electron chi connectivity index (χ1n) is 6.74. The van der Waals surface area contributed by atoms with E-state index in [1.165, 1.54) is 0 Å². The number of halogens is 1. The Kier molecular flexibility index (Phi) is 3.69. The maximum absolute atomic E-state index is 12.4. The number of carbonyl (C=O) groups excluding carboxylic acids is 1. The lowest BCUT2D eigenvalue weighted by atomic mass is 9.94. The molecule has 1 aromatic heterocycles. The number of nitrogens with one attached hydrogen (secondary N) is 1. The van der Waals surface area contributed by atoms with Gasteiger partial charge in [0.1, 0.15) is 0 Å². The molecule has 0 radical (unpaired) electrons. The molecule has 0 spiro atoms. The fourth-order valence-electron chi connectivity index (χ4n) is 2.58. The lowest BCUT2D eigenvalue weighted by molar-refractivity contribution is -0.117. The number of rotatable bonds is 3. The minimum atomic E-state index is -0.552. The Morgan fingerprint density at radius 1 is 1.14 bits per heavy atom. The summed E-state index contributed by atoms with van der Waals surface area (Å²) in [6, 6.07) is 14.7. The van der Waals surface area contributed by atoms with E-state index in [-0.39, 0.29) is 12.0 Å². The minimum Gasteiger partial charge on any atom is -0.369 e. The molecule has 0 bridgehead atoms. The Balaban J connectivity index is 2.44. The van der Waals surface area contributed by atoms with Crippen molar-refractivity contribution in [3.05, 3.63) is 69.5 Å². The molecule has 1 heterocycles. The fraction of sp³-hybridized carbons (Fsp3) is 0.0588. The van der Waals surface area contributed by atoms with Gasteiger partial charge in [-0.05, 0) is 23.8 Å². The average Bonchev–Trinajstić information content (AvgIpc) is 2.49. The summed E-state index contributed by atoms with van der Waals surface area (Å²) in [5.41, 5.74) is 7.55. The van der Waals surface area contributed by atoms with Crippen LogP contribution in [0.5, 0.6) is 0 Å². The van der Waals surface area contributed by atoms with Gasteiger partial charge >= 0.3 is 0 Å². The van der Waals surface area contributed by atoms with Gasteiger partial charge in [-0.25, -0.2) is 0 Å². The molecule has 0 atom stereocenters. The van der Waals surface area contributed by atoms with Crippen molar-refractivity contribution in [2.75, 3.05) is 0 Å². The van der Waals surface area contributed by atoms with Crippen molar-refractivity contribution in [1.82, 2.24) is 4.98 Å². The van der Waals surface area contributed by atoms with Crippen LogP contribution in [0.1, 0.15) is 5.56 Å². The highest BCUT2D eigenvalue weighted by Crippen LogP contribution is 2.31. The third kappa shape index (κ3) is 2.61. The number of pyridine rings is 1. The van der Waals surface area contributed by atoms with Gasteiger partial charge in [0.15, 0.2) is 0 Å². The highest BCUT2D eigenvalue weighted by atomic mass is 35.5. The number of hydrogen-bond acceptors (Lipinski definition) is 2. The van der Waals surface area contributed by atoms with E-state index in [0.717, 1.165) is 10.9 Å². The van der Waals surface area contributed by atoms with Gasteiger partial charge in [0.25, 0.3) is 5.56 Å². The molecule has 0 aliphatic heterocycles. The van der Waals surface area contributed by atoms with E-state index in [2.05, 4.69) is 4.98 Å². The van der Waals surface area contributed by atoms with E-state index in [1.54, 1.807) is 18.2 Å². The second kappa shape index (κ2) is 5.66. The van der Waals surface area contributed by atoms with Crippen molar-refractivity contribution in [2.45, 2.75) is 6.42 Å². The summed E-state index contributed by atoms with van der Waals surface area (Å²) >= 11 is 6.09. The Bertz CT molecular complexity index is 917. The van der Waals surface area contributed by atoms with Crippen molar-refractivity contribution in [3.63, 3.8) is 0 Å². The molecule has 0 aliphatic carbocycles. The number of hydrogen-bond donors (Lipinski definition) is 2. The number of primary amides is 1. The summed E-state index contributed by atoms with van der Waals surface area (Å²) in [6.45, 7) is 0. The zero-order valence-corrected chi connectivity index (χ0v) is 12.4. The van der Waals surface area contributed by atoms with Gasteiger partial charge in [0.2, 0.25) is 5.91 Å². The molecule has 0 unspecified atom stereocenters. The van der Waals surface area contributed by atoms with Gasteiger partial charge in [-0.3, -0.25) is 9.59 Å². The third-order valence-electron chi connectivity index (χ3n) is 3.49. The molecule has 110 valence electrons. The minimum absolute atomic E-state index is 0.123. The number of benzene rings is 2. The Morgan fingerprint density at radius 2 is 1.86 bits per heavy atom. The Hall–Kier alpha value is -2.59. The summed E-state index contributed by atoms with van der Waals surface area (Å²) < 4.78 is 0. The molecule has 3 aromatic rings. The molecule has 3 N–H and O–H groups in total. The fourth-order valence-corrected chi connectivity index (χ4v) is 2.76. The topological polar surface area (TPSA) is 76.0 Å². The monoisotopic (exact) mass is 312 g/mol. The first-order chi connectivity index (χ1) is 10.6. The normalized spacial score (nSPS) is 10.8. The van der Waals surface area contributed by atoms with Crippen LogP contribution in [0.3, 0.4) is 0 Å². The molecular formula is C17H13ClN2O2. The first kappa shape index (κ1) is 14.4. The van der Waals surface area contributed by atoms with E-state index in [4.69, 9.17) is 17.3 Å². The van der Waals surface area contributed by atoms with E-state index in [1.807, 2.05) is 30.3 Å². The molecule has 22 heavy (non-hydrogen) atoms. The molecule has 0 fully saturated rings. The van der Waals surface area contributed by atoms with Crippen LogP contribution in [0, 0.1) is 0 Å². The predicted octanol–water partition coefficient (Wildman–Crippen LogP) is 2.88. The number of fused-ring (bicyclic) bond motifs is 1. The largest absolute Gasteiger partial charge is 0.369 e. The lowest BCUT2D eigenvalue weighted by Gasteiger charge is -2.12. The molecule has 3 rings (SSSR count). The van der Waals surface area contributed by atoms with Crippen molar-refractivity contribution < 1.29 is 4.79 Å². The van der Waals surface area contributed by atoms with Crippen molar-refractivity contribution >= 4 is 28.4 Å². The molecule has 5 heteroatoms. The quantitative estimate of drug-likeness (QED) is 0.780. The number of nitrogens with two attached hydrogens (primary N) is 1. The smallest absolute Gasteiger partial charge is 0.252 e. The summed E-state index contributed by atoms with van der Waals surface area (Å²) in [4.78, 5) is 26.5. The van der Waals surface area contributed by atoms with Gasteiger partial charge in [-0.2, -0.15) is 0 Å². The predicted molar refractivity (Wildman–Crippen MR) is 87.9 cm³/mol.